The maximum atomic E-state index is 14.2. The summed E-state index contributed by atoms with van der Waals surface area (Å²) in [6, 6.07) is 12.7. The Balaban J connectivity index is 1.29. The Hall–Kier alpha value is -6.16. The molecule has 4 N–H and O–H groups in total. The lowest BCUT2D eigenvalue weighted by Gasteiger charge is -2.17. The lowest BCUT2D eigenvalue weighted by Crippen LogP contribution is -2.34. The van der Waals surface area contributed by atoms with Crippen molar-refractivity contribution in [3.05, 3.63) is 82.2 Å². The van der Waals surface area contributed by atoms with Crippen molar-refractivity contribution in [3.63, 3.8) is 0 Å². The number of hydrogen-bond acceptors (Lipinski definition) is 9. The summed E-state index contributed by atoms with van der Waals surface area (Å²) in [5, 5.41) is 15.4. The zero-order valence-corrected chi connectivity index (χ0v) is 33.3. The van der Waals surface area contributed by atoms with E-state index in [9.17, 15) is 19.2 Å². The van der Waals surface area contributed by atoms with Crippen LogP contribution in [0.3, 0.4) is 0 Å². The van der Waals surface area contributed by atoms with Crippen molar-refractivity contribution >= 4 is 57.2 Å². The third-order valence-electron chi connectivity index (χ3n) is 10.7. The highest BCUT2D eigenvalue weighted by atomic mass is 16.2. The zero-order chi connectivity index (χ0) is 40.4. The van der Waals surface area contributed by atoms with Gasteiger partial charge in [0, 0.05) is 44.4 Å². The second-order valence-corrected chi connectivity index (χ2v) is 14.7. The lowest BCUT2D eigenvalue weighted by atomic mass is 10.0. The first-order valence-corrected chi connectivity index (χ1v) is 19.6. The summed E-state index contributed by atoms with van der Waals surface area (Å²) in [6.07, 6.45) is 4.51. The van der Waals surface area contributed by atoms with Gasteiger partial charge in [-0.05, 0) is 96.3 Å². The minimum absolute atomic E-state index is 0.0570. The Bertz CT molecular complexity index is 2500. The van der Waals surface area contributed by atoms with Crippen molar-refractivity contribution in [1.29, 1.82) is 0 Å². The van der Waals surface area contributed by atoms with Gasteiger partial charge in [0.05, 0.1) is 46.6 Å². The number of anilines is 2. The minimum Gasteiger partial charge on any atom is -0.366 e. The fraction of sp³-hybridized carbons (Fsp3) is 0.415. The van der Waals surface area contributed by atoms with Crippen LogP contribution in [0.15, 0.2) is 42.5 Å². The van der Waals surface area contributed by atoms with Crippen molar-refractivity contribution in [3.8, 4) is 0 Å². The number of ketones is 1. The fourth-order valence-corrected chi connectivity index (χ4v) is 7.86. The number of para-hydroxylation sites is 1. The number of benzene rings is 2. The van der Waals surface area contributed by atoms with Crippen LogP contribution >= 0.6 is 0 Å². The van der Waals surface area contributed by atoms with E-state index in [1.807, 2.05) is 49.6 Å². The van der Waals surface area contributed by atoms with E-state index in [0.717, 1.165) is 47.2 Å². The number of nitrogens with one attached hydrogen (secondary N) is 2. The predicted octanol–water partition coefficient (Wildman–Crippen LogP) is 4.58. The molecule has 0 saturated heterocycles. The monoisotopic (exact) mass is 774 g/mol. The van der Waals surface area contributed by atoms with Crippen molar-refractivity contribution in [1.82, 2.24) is 44.0 Å². The smallest absolute Gasteiger partial charge is 0.276 e. The van der Waals surface area contributed by atoms with Crippen LogP contribution in [-0.4, -0.2) is 82.8 Å². The highest BCUT2D eigenvalue weighted by Crippen LogP contribution is 2.29. The average molecular weight is 775 g/mol. The standard InChI is InChI=1S/C41H50N12O4/c1-6-52-38-28(26(3)48-52)13-8-7-9-20-53-33(21-25(2)47-53)34(54)23-35-45-37-31(49(5)36(55)24-43-4)14-12-15-32(37)50(35)18-10-11-19-51-30-17-16-27(39(42)56)22-29(30)44-41(51)46-40(38)57/h12,14-17,21-22,43H,6-11,13,18-20,23-24H2,1-5H3,(H2,42,56)(H,44,46,57). The van der Waals surface area contributed by atoms with Gasteiger partial charge in [-0.3, -0.25) is 33.9 Å². The van der Waals surface area contributed by atoms with E-state index in [1.54, 1.807) is 46.6 Å². The van der Waals surface area contributed by atoms with Crippen molar-refractivity contribution in [2.45, 2.75) is 91.9 Å². The third kappa shape index (κ3) is 7.81. The number of nitrogens with two attached hydrogens (primary N) is 1. The summed E-state index contributed by atoms with van der Waals surface area (Å²) in [5.74, 6) is -0.0974. The second-order valence-electron chi connectivity index (χ2n) is 14.7. The first-order chi connectivity index (χ1) is 27.5. The van der Waals surface area contributed by atoms with Gasteiger partial charge in [0.15, 0.2) is 5.78 Å². The Kier molecular flexibility index (Phi) is 11.3. The molecular weight excluding hydrogens is 725 g/mol. The zero-order valence-electron chi connectivity index (χ0n) is 33.3. The normalized spacial score (nSPS) is 14.7. The Morgan fingerprint density at radius 1 is 0.930 bits per heavy atom. The molecule has 7 rings (SSSR count). The van der Waals surface area contributed by atoms with Gasteiger partial charge in [-0.15, -0.1) is 0 Å². The number of aryl methyl sites for hydroxylation is 6. The van der Waals surface area contributed by atoms with Crippen LogP contribution in [0.4, 0.5) is 11.6 Å². The number of carbonyl (C=O) groups excluding carboxylic acids is 4. The molecule has 0 atom stereocenters. The van der Waals surface area contributed by atoms with Crippen molar-refractivity contribution < 1.29 is 19.2 Å². The maximum Gasteiger partial charge on any atom is 0.276 e. The summed E-state index contributed by atoms with van der Waals surface area (Å²) in [7, 11) is 3.46. The van der Waals surface area contributed by atoms with E-state index >= 15 is 0 Å². The number of primary amides is 1. The first-order valence-electron chi connectivity index (χ1n) is 19.6. The Morgan fingerprint density at radius 2 is 1.70 bits per heavy atom. The molecule has 1 aliphatic rings. The molecule has 16 heteroatoms. The van der Waals surface area contributed by atoms with E-state index in [2.05, 4.69) is 20.3 Å². The molecule has 16 nitrogen and oxygen atoms in total. The summed E-state index contributed by atoms with van der Waals surface area (Å²) < 4.78 is 7.58. The Morgan fingerprint density at radius 3 is 2.46 bits per heavy atom. The summed E-state index contributed by atoms with van der Waals surface area (Å²) in [6.45, 7) is 8.07. The molecule has 1 aliphatic heterocycles. The number of hydrogen-bond donors (Lipinski definition) is 3. The molecule has 5 heterocycles. The molecule has 0 saturated carbocycles. The number of imidazole rings is 2. The fourth-order valence-electron chi connectivity index (χ4n) is 7.86. The molecule has 298 valence electrons. The van der Waals surface area contributed by atoms with Gasteiger partial charge in [0.25, 0.3) is 5.91 Å². The number of fused-ring (bicyclic) bond motifs is 8. The van der Waals surface area contributed by atoms with Crippen LogP contribution in [0.2, 0.25) is 0 Å². The number of rotatable bonds is 5. The molecule has 0 unspecified atom stereocenters. The summed E-state index contributed by atoms with van der Waals surface area (Å²) >= 11 is 0. The summed E-state index contributed by atoms with van der Waals surface area (Å²) in [4.78, 5) is 64.8. The molecule has 0 fully saturated rings. The van der Waals surface area contributed by atoms with Gasteiger partial charge < -0.3 is 25.1 Å². The molecule has 3 amide bonds. The molecule has 57 heavy (non-hydrogen) atoms. The number of Topliss-reactive ketones (excluding diaryl/α,β-unsaturated/α-hetero) is 1. The van der Waals surface area contributed by atoms with E-state index < -0.39 is 5.91 Å². The van der Waals surface area contributed by atoms with E-state index in [-0.39, 0.29) is 30.6 Å². The molecule has 0 spiro atoms. The highest BCUT2D eigenvalue weighted by Gasteiger charge is 2.25. The van der Waals surface area contributed by atoms with Gasteiger partial charge in [0.2, 0.25) is 17.8 Å². The molecule has 6 aromatic rings. The quantitative estimate of drug-likeness (QED) is 0.225. The number of nitrogens with zero attached hydrogens (tertiary/aromatic N) is 9. The van der Waals surface area contributed by atoms with Crippen molar-refractivity contribution in [2.75, 3.05) is 30.9 Å². The van der Waals surface area contributed by atoms with Crippen LogP contribution in [0, 0.1) is 13.8 Å². The third-order valence-corrected chi connectivity index (χ3v) is 10.7. The van der Waals surface area contributed by atoms with Gasteiger partial charge in [-0.1, -0.05) is 12.5 Å². The van der Waals surface area contributed by atoms with Crippen LogP contribution < -0.4 is 21.3 Å². The second kappa shape index (κ2) is 16.5. The van der Waals surface area contributed by atoms with Gasteiger partial charge in [-0.2, -0.15) is 10.2 Å². The molecular formula is C41H50N12O4. The largest absolute Gasteiger partial charge is 0.366 e. The lowest BCUT2D eigenvalue weighted by molar-refractivity contribution is -0.117. The molecule has 4 aromatic heterocycles. The molecule has 0 radical (unpaired) electrons. The number of likely N-dealkylation sites (N-methyl/N-ethyl adjacent to an activating group) is 2. The topological polar surface area (TPSA) is 193 Å². The predicted molar refractivity (Wildman–Crippen MR) is 218 cm³/mol. The summed E-state index contributed by atoms with van der Waals surface area (Å²) in [5.41, 5.74) is 12.9. The minimum atomic E-state index is -0.564. The molecule has 0 bridgehead atoms. The average Bonchev–Trinajstić information content (AvgIpc) is 3.93. The maximum absolute atomic E-state index is 14.2. The first kappa shape index (κ1) is 39.1. The molecule has 2 aromatic carbocycles. The highest BCUT2D eigenvalue weighted by molar-refractivity contribution is 6.05. The van der Waals surface area contributed by atoms with Crippen LogP contribution in [0.5, 0.6) is 0 Å². The Labute approximate surface area is 330 Å². The van der Waals surface area contributed by atoms with Crippen LogP contribution in [0.25, 0.3) is 22.1 Å². The van der Waals surface area contributed by atoms with Crippen molar-refractivity contribution in [2.24, 2.45) is 5.73 Å². The van der Waals surface area contributed by atoms with Crippen LogP contribution in [-0.2, 0) is 43.8 Å². The number of amides is 3. The molecule has 0 aliphatic carbocycles. The van der Waals surface area contributed by atoms with E-state index in [1.165, 1.54) is 0 Å². The van der Waals surface area contributed by atoms with Gasteiger partial charge in [-0.25, -0.2) is 9.97 Å². The number of carbonyl (C=O) groups is 4. The SMILES string of the molecule is CCn1nc(C)c2c1C(=O)Nc1nc3cc(C(N)=O)ccc3n1CCCCn1c(nc3c(N(C)C(=O)CNC)cccc31)CC(=O)c1cc(C)nn1CCCCC2. The van der Waals surface area contributed by atoms with E-state index in [4.69, 9.17) is 20.8 Å². The van der Waals surface area contributed by atoms with Crippen LogP contribution in [0.1, 0.15) is 93.1 Å². The number of aromatic nitrogens is 8. The van der Waals surface area contributed by atoms with E-state index in [0.29, 0.717) is 90.9 Å². The van der Waals surface area contributed by atoms with Gasteiger partial charge in [0.1, 0.15) is 22.7 Å². The van der Waals surface area contributed by atoms with Gasteiger partial charge >= 0.3 is 0 Å².